The molecule has 2 amide bonds. The molecule has 0 saturated heterocycles. The Kier molecular flexibility index (Phi) is 9.45. The SMILES string of the molecule is CCOC(=O)N1C(=O)C(CC=O)(C2(CCO[Si](C(C)C)(C(C)C)C(C)C)CN(C)c3cccc(Br)c32)c2ccccc21. The molecule has 7 nitrogen and oxygen atoms in total. The molecule has 2 aromatic rings. The van der Waals surface area contributed by atoms with Crippen molar-refractivity contribution in [2.24, 2.45) is 0 Å². The van der Waals surface area contributed by atoms with Gasteiger partial charge in [0.25, 0.3) is 0 Å². The smallest absolute Gasteiger partial charge is 0.421 e. The predicted molar refractivity (Wildman–Crippen MR) is 174 cm³/mol. The molecule has 2 aliphatic rings. The summed E-state index contributed by atoms with van der Waals surface area (Å²) in [5.41, 5.74) is 2.09. The fraction of sp³-hybridized carbons (Fsp3) is 0.545. The number of carbonyl (C=O) groups is 3. The number of imide groups is 1. The predicted octanol–water partition coefficient (Wildman–Crippen LogP) is 7.75. The van der Waals surface area contributed by atoms with Gasteiger partial charge in [0.05, 0.1) is 17.7 Å². The standard InChI is InChI=1S/C33H45BrN2O5Si/c1-9-40-31(39)36-27-15-11-10-13-25(27)33(17-19-37,30(36)38)32(21-35(8)28-16-12-14-26(34)29(28)32)18-20-41-42(22(2)3,23(4)5)24(6)7/h10-16,19,22-24H,9,17-18,20-21H2,1-8H3. The van der Waals surface area contributed by atoms with E-state index in [1.165, 1.54) is 0 Å². The van der Waals surface area contributed by atoms with Crippen LogP contribution in [-0.4, -0.2) is 53.4 Å². The molecule has 42 heavy (non-hydrogen) atoms. The Morgan fingerprint density at radius 1 is 1.02 bits per heavy atom. The average molecular weight is 658 g/mol. The summed E-state index contributed by atoms with van der Waals surface area (Å²) in [6.45, 7) is 16.3. The molecule has 2 atom stereocenters. The van der Waals surface area contributed by atoms with E-state index in [-0.39, 0.29) is 13.0 Å². The summed E-state index contributed by atoms with van der Waals surface area (Å²) < 4.78 is 13.4. The van der Waals surface area contributed by atoms with Gasteiger partial charge in [0, 0.05) is 42.2 Å². The first-order valence-corrected chi connectivity index (χ1v) is 18.0. The zero-order valence-corrected chi connectivity index (χ0v) is 28.8. The van der Waals surface area contributed by atoms with Crippen molar-refractivity contribution in [1.29, 1.82) is 0 Å². The van der Waals surface area contributed by atoms with Gasteiger partial charge >= 0.3 is 6.09 Å². The maximum absolute atomic E-state index is 14.9. The van der Waals surface area contributed by atoms with Crippen LogP contribution in [0, 0.1) is 0 Å². The van der Waals surface area contributed by atoms with Crippen molar-refractivity contribution in [2.45, 2.75) is 88.8 Å². The second-order valence-corrected chi connectivity index (χ2v) is 18.9. The number of amides is 2. The number of anilines is 2. The van der Waals surface area contributed by atoms with Crippen LogP contribution in [0.15, 0.2) is 46.9 Å². The number of hydrogen-bond donors (Lipinski definition) is 0. The number of halogens is 1. The summed E-state index contributed by atoms with van der Waals surface area (Å²) in [5.74, 6) is -0.425. The molecule has 2 heterocycles. The van der Waals surface area contributed by atoms with Gasteiger partial charge in [0.2, 0.25) is 5.91 Å². The van der Waals surface area contributed by atoms with Crippen molar-refractivity contribution >= 4 is 53.9 Å². The van der Waals surface area contributed by atoms with Crippen molar-refractivity contribution in [3.05, 3.63) is 58.1 Å². The van der Waals surface area contributed by atoms with E-state index >= 15 is 0 Å². The fourth-order valence-corrected chi connectivity index (χ4v) is 14.5. The Morgan fingerprint density at radius 3 is 2.24 bits per heavy atom. The summed E-state index contributed by atoms with van der Waals surface area (Å²) in [7, 11) is -0.212. The highest BCUT2D eigenvalue weighted by Gasteiger charge is 2.67. The van der Waals surface area contributed by atoms with Crippen LogP contribution in [0.5, 0.6) is 0 Å². The van der Waals surface area contributed by atoms with E-state index in [1.807, 2.05) is 37.4 Å². The molecule has 9 heteroatoms. The highest BCUT2D eigenvalue weighted by atomic mass is 79.9. The Bertz CT molecular complexity index is 1330. The Hall–Kier alpha value is -2.49. The van der Waals surface area contributed by atoms with E-state index in [4.69, 9.17) is 9.16 Å². The summed E-state index contributed by atoms with van der Waals surface area (Å²) in [4.78, 5) is 44.2. The van der Waals surface area contributed by atoms with Crippen molar-refractivity contribution < 1.29 is 23.5 Å². The maximum Gasteiger partial charge on any atom is 0.421 e. The molecule has 2 aliphatic heterocycles. The average Bonchev–Trinajstić information content (AvgIpc) is 3.36. The van der Waals surface area contributed by atoms with E-state index in [9.17, 15) is 14.4 Å². The van der Waals surface area contributed by atoms with E-state index in [0.717, 1.165) is 26.9 Å². The number of ether oxygens (including phenoxy) is 1. The number of rotatable bonds is 11. The topological polar surface area (TPSA) is 76.1 Å². The van der Waals surface area contributed by atoms with Gasteiger partial charge in [-0.25, -0.2) is 9.69 Å². The molecule has 2 aromatic carbocycles. The first-order chi connectivity index (χ1) is 19.9. The van der Waals surface area contributed by atoms with E-state index in [1.54, 1.807) is 13.0 Å². The second kappa shape index (κ2) is 12.2. The number of aldehydes is 1. The third-order valence-electron chi connectivity index (χ3n) is 9.81. The summed E-state index contributed by atoms with van der Waals surface area (Å²) in [5, 5.41) is 0. The fourth-order valence-electron chi connectivity index (χ4n) is 8.34. The highest BCUT2D eigenvalue weighted by Crippen LogP contribution is 2.62. The monoisotopic (exact) mass is 656 g/mol. The molecule has 4 rings (SSSR count). The van der Waals surface area contributed by atoms with Gasteiger partial charge in [-0.05, 0) is 59.3 Å². The highest BCUT2D eigenvalue weighted by molar-refractivity contribution is 9.10. The zero-order valence-electron chi connectivity index (χ0n) is 26.2. The molecular weight excluding hydrogens is 612 g/mol. The van der Waals surface area contributed by atoms with E-state index in [0.29, 0.717) is 47.4 Å². The molecule has 0 spiro atoms. The molecule has 228 valence electrons. The van der Waals surface area contributed by atoms with Crippen molar-refractivity contribution in [1.82, 2.24) is 0 Å². The molecule has 0 fully saturated rings. The number of benzene rings is 2. The number of hydrogen-bond acceptors (Lipinski definition) is 6. The minimum Gasteiger partial charge on any atom is -0.449 e. The van der Waals surface area contributed by atoms with Gasteiger partial charge in [-0.15, -0.1) is 0 Å². The zero-order chi connectivity index (χ0) is 31.0. The van der Waals surface area contributed by atoms with Crippen molar-refractivity contribution in [2.75, 3.05) is 36.6 Å². The molecular formula is C33H45BrN2O5Si. The van der Waals surface area contributed by atoms with Gasteiger partial charge in [-0.3, -0.25) is 4.79 Å². The molecule has 0 saturated carbocycles. The van der Waals surface area contributed by atoms with Crippen LogP contribution < -0.4 is 9.80 Å². The molecule has 0 bridgehead atoms. The molecule has 0 N–H and O–H groups in total. The third kappa shape index (κ3) is 4.67. The van der Waals surface area contributed by atoms with Crippen molar-refractivity contribution in [3.8, 4) is 0 Å². The number of likely N-dealkylation sites (N-methyl/N-ethyl adjacent to an activating group) is 1. The van der Waals surface area contributed by atoms with Gasteiger partial charge in [0.15, 0.2) is 8.32 Å². The molecule has 0 radical (unpaired) electrons. The first kappa shape index (κ1) is 32.4. The summed E-state index contributed by atoms with van der Waals surface area (Å²) in [6, 6.07) is 13.4. The lowest BCUT2D eigenvalue weighted by Gasteiger charge is -2.47. The Balaban J connectivity index is 1.98. The van der Waals surface area contributed by atoms with Crippen LogP contribution in [-0.2, 0) is 29.6 Å². The lowest BCUT2D eigenvalue weighted by atomic mass is 9.55. The van der Waals surface area contributed by atoms with Gasteiger partial charge in [-0.2, -0.15) is 0 Å². The lowest BCUT2D eigenvalue weighted by Crippen LogP contribution is -2.59. The van der Waals surface area contributed by atoms with Crippen LogP contribution in [0.3, 0.4) is 0 Å². The maximum atomic E-state index is 14.9. The van der Waals surface area contributed by atoms with Crippen LogP contribution in [0.2, 0.25) is 16.6 Å². The lowest BCUT2D eigenvalue weighted by molar-refractivity contribution is -0.128. The number of para-hydroxylation sites is 1. The molecule has 2 unspecified atom stereocenters. The van der Waals surface area contributed by atoms with E-state index in [2.05, 4.69) is 68.4 Å². The van der Waals surface area contributed by atoms with Gasteiger partial charge in [0.1, 0.15) is 6.29 Å². The quantitative estimate of drug-likeness (QED) is 0.182. The summed E-state index contributed by atoms with van der Waals surface area (Å²) in [6.07, 6.45) is 0.530. The largest absolute Gasteiger partial charge is 0.449 e. The number of nitrogens with zero attached hydrogens (tertiary/aromatic N) is 2. The number of carbonyl (C=O) groups excluding carboxylic acids is 3. The van der Waals surface area contributed by atoms with Gasteiger partial charge < -0.3 is 18.9 Å². The normalized spacial score (nSPS) is 21.9. The minimum absolute atomic E-state index is 0.0749. The van der Waals surface area contributed by atoms with Gasteiger partial charge in [-0.1, -0.05) is 81.7 Å². The molecule has 0 aliphatic carbocycles. The number of fused-ring (bicyclic) bond motifs is 2. The second-order valence-electron chi connectivity index (χ2n) is 12.6. The van der Waals surface area contributed by atoms with Crippen molar-refractivity contribution in [3.63, 3.8) is 0 Å². The van der Waals surface area contributed by atoms with Crippen LogP contribution in [0.25, 0.3) is 0 Å². The van der Waals surface area contributed by atoms with Crippen LogP contribution in [0.4, 0.5) is 16.2 Å². The first-order valence-electron chi connectivity index (χ1n) is 15.1. The molecule has 0 aromatic heterocycles. The summed E-state index contributed by atoms with van der Waals surface area (Å²) >= 11 is 3.84. The third-order valence-corrected chi connectivity index (χ3v) is 16.6. The Morgan fingerprint density at radius 2 is 1.64 bits per heavy atom. The Labute approximate surface area is 260 Å². The minimum atomic E-state index is -2.23. The van der Waals surface area contributed by atoms with Crippen LogP contribution >= 0.6 is 15.9 Å². The van der Waals surface area contributed by atoms with Crippen LogP contribution in [0.1, 0.15) is 72.4 Å². The van der Waals surface area contributed by atoms with E-state index < -0.39 is 31.1 Å².